The van der Waals surface area contributed by atoms with Gasteiger partial charge in [-0.15, -0.1) is 0 Å². The van der Waals surface area contributed by atoms with Gasteiger partial charge in [-0.25, -0.2) is 0 Å². The van der Waals surface area contributed by atoms with E-state index in [1.807, 2.05) is 6.07 Å². The Morgan fingerprint density at radius 2 is 1.92 bits per heavy atom. The number of likely N-dealkylation sites (N-methyl/N-ethyl adjacent to an activating group) is 1. The van der Waals surface area contributed by atoms with E-state index in [0.717, 1.165) is 37.3 Å². The number of nitrogens with zero attached hydrogens (tertiary/aromatic N) is 1. The summed E-state index contributed by atoms with van der Waals surface area (Å²) < 4.78 is 23.1. The molecule has 1 aromatic carbocycles. The summed E-state index contributed by atoms with van der Waals surface area (Å²) in [7, 11) is 5.52. The van der Waals surface area contributed by atoms with Gasteiger partial charge < -0.3 is 23.8 Å². The summed E-state index contributed by atoms with van der Waals surface area (Å²) in [5.41, 5.74) is 2.58. The average Bonchev–Trinajstić information content (AvgIpc) is 3.16. The van der Waals surface area contributed by atoms with Crippen LogP contribution >= 0.6 is 0 Å². The van der Waals surface area contributed by atoms with Gasteiger partial charge in [-0.05, 0) is 43.5 Å². The molecule has 2 heterocycles. The average molecular weight is 345 g/mol. The number of benzene rings is 1. The van der Waals surface area contributed by atoms with Gasteiger partial charge >= 0.3 is 0 Å². The molecule has 2 fully saturated rings. The Hall–Kier alpha value is -1.72. The van der Waals surface area contributed by atoms with Gasteiger partial charge in [0.2, 0.25) is 0 Å². The van der Waals surface area contributed by atoms with Crippen molar-refractivity contribution in [1.29, 1.82) is 0 Å². The third kappa shape index (κ3) is 2.52. The topological polar surface area (TPSA) is 40.2 Å². The lowest BCUT2D eigenvalue weighted by molar-refractivity contribution is -0.140. The Bertz CT molecular complexity index is 703. The molecule has 3 atom stereocenters. The zero-order chi connectivity index (χ0) is 17.7. The SMILES string of the molecule is COc1ccc([C@]23CCN(C)C2=CC2(CC3)OC[C@H](C)O2)cc1OC. The first-order valence-corrected chi connectivity index (χ1v) is 9.01. The maximum atomic E-state index is 6.14. The maximum absolute atomic E-state index is 6.14. The van der Waals surface area contributed by atoms with E-state index in [-0.39, 0.29) is 11.5 Å². The van der Waals surface area contributed by atoms with Gasteiger partial charge in [0.1, 0.15) is 0 Å². The van der Waals surface area contributed by atoms with Crippen molar-refractivity contribution < 1.29 is 18.9 Å². The molecule has 1 unspecified atom stereocenters. The molecular formula is C20H27NO4. The number of fused-ring (bicyclic) bond motifs is 1. The number of methoxy groups -OCH3 is 2. The summed E-state index contributed by atoms with van der Waals surface area (Å²) in [5, 5.41) is 0. The first-order chi connectivity index (χ1) is 12.0. The number of hydrogen-bond donors (Lipinski definition) is 0. The Morgan fingerprint density at radius 1 is 1.12 bits per heavy atom. The van der Waals surface area contributed by atoms with E-state index >= 15 is 0 Å². The first-order valence-electron chi connectivity index (χ1n) is 9.01. The normalized spacial score (nSPS) is 34.2. The van der Waals surface area contributed by atoms with Crippen molar-refractivity contribution >= 4 is 0 Å². The van der Waals surface area contributed by atoms with Crippen LogP contribution in [0.25, 0.3) is 0 Å². The molecule has 4 rings (SSSR count). The molecule has 3 aliphatic rings. The molecule has 25 heavy (non-hydrogen) atoms. The fourth-order valence-corrected chi connectivity index (χ4v) is 4.59. The zero-order valence-electron chi connectivity index (χ0n) is 15.5. The second kappa shape index (κ2) is 5.92. The van der Waals surface area contributed by atoms with Gasteiger partial charge in [0.05, 0.1) is 26.9 Å². The molecule has 0 amide bonds. The fraction of sp³-hybridized carbons (Fsp3) is 0.600. The molecule has 1 aromatic rings. The van der Waals surface area contributed by atoms with Crippen LogP contribution in [-0.2, 0) is 14.9 Å². The van der Waals surface area contributed by atoms with Crippen LogP contribution in [0.15, 0.2) is 30.0 Å². The summed E-state index contributed by atoms with van der Waals surface area (Å²) in [5.74, 6) is 1.00. The Kier molecular flexibility index (Phi) is 3.96. The largest absolute Gasteiger partial charge is 0.493 e. The first kappa shape index (κ1) is 16.7. The van der Waals surface area contributed by atoms with E-state index in [1.165, 1.54) is 11.3 Å². The second-order valence-electron chi connectivity index (χ2n) is 7.40. The summed E-state index contributed by atoms with van der Waals surface area (Å²) in [6.45, 7) is 3.77. The second-order valence-corrected chi connectivity index (χ2v) is 7.40. The molecule has 1 aliphatic carbocycles. The van der Waals surface area contributed by atoms with Crippen molar-refractivity contribution in [3.63, 3.8) is 0 Å². The van der Waals surface area contributed by atoms with Crippen LogP contribution in [0.3, 0.4) is 0 Å². The number of hydrogen-bond acceptors (Lipinski definition) is 5. The van der Waals surface area contributed by atoms with Crippen LogP contribution in [-0.4, -0.2) is 51.2 Å². The Morgan fingerprint density at radius 3 is 2.60 bits per heavy atom. The summed E-state index contributed by atoms with van der Waals surface area (Å²) in [4.78, 5) is 2.34. The smallest absolute Gasteiger partial charge is 0.190 e. The van der Waals surface area contributed by atoms with Crippen LogP contribution in [0.2, 0.25) is 0 Å². The van der Waals surface area contributed by atoms with E-state index in [2.05, 4.69) is 37.1 Å². The summed E-state index contributed by atoms with van der Waals surface area (Å²) >= 11 is 0. The standard InChI is InChI=1S/C20H27NO4/c1-14-13-24-20(25-14)8-7-19(9-10-21(2)18(19)12-20)15-5-6-16(22-3)17(11-15)23-4/h5-6,11-12,14H,7-10,13H2,1-4H3/t14-,19-,20?/m0/s1. The number of allylic oxidation sites excluding steroid dienone is 1. The molecule has 0 radical (unpaired) electrons. The molecule has 0 aromatic heterocycles. The van der Waals surface area contributed by atoms with Crippen molar-refractivity contribution in [2.75, 3.05) is 34.4 Å². The van der Waals surface area contributed by atoms with Crippen LogP contribution < -0.4 is 9.47 Å². The van der Waals surface area contributed by atoms with Crippen LogP contribution in [0, 0.1) is 0 Å². The molecule has 136 valence electrons. The van der Waals surface area contributed by atoms with Gasteiger partial charge in [-0.3, -0.25) is 0 Å². The minimum Gasteiger partial charge on any atom is -0.493 e. The van der Waals surface area contributed by atoms with Crippen molar-refractivity contribution in [3.05, 3.63) is 35.5 Å². The van der Waals surface area contributed by atoms with Crippen LogP contribution in [0.4, 0.5) is 0 Å². The number of rotatable bonds is 3. The van der Waals surface area contributed by atoms with E-state index in [9.17, 15) is 0 Å². The minimum atomic E-state index is -0.548. The van der Waals surface area contributed by atoms with Gasteiger partial charge in [0.15, 0.2) is 17.3 Å². The lowest BCUT2D eigenvalue weighted by Gasteiger charge is -2.41. The molecular weight excluding hydrogens is 318 g/mol. The highest BCUT2D eigenvalue weighted by molar-refractivity contribution is 5.50. The summed E-state index contributed by atoms with van der Waals surface area (Å²) in [6.07, 6.45) is 5.35. The quantitative estimate of drug-likeness (QED) is 0.842. The van der Waals surface area contributed by atoms with E-state index in [0.29, 0.717) is 6.61 Å². The number of ether oxygens (including phenoxy) is 4. The number of likely N-dealkylation sites (tertiary alicyclic amines) is 1. The Balaban J connectivity index is 1.77. The third-order valence-corrected chi connectivity index (χ3v) is 5.93. The minimum absolute atomic E-state index is 0.00189. The van der Waals surface area contributed by atoms with Gasteiger partial charge in [-0.2, -0.15) is 0 Å². The molecule has 5 heteroatoms. The zero-order valence-corrected chi connectivity index (χ0v) is 15.5. The van der Waals surface area contributed by atoms with E-state index in [4.69, 9.17) is 18.9 Å². The molecule has 0 N–H and O–H groups in total. The molecule has 0 bridgehead atoms. The summed E-state index contributed by atoms with van der Waals surface area (Å²) in [6, 6.07) is 6.31. The van der Waals surface area contributed by atoms with Crippen molar-refractivity contribution in [2.45, 2.75) is 43.5 Å². The molecule has 1 spiro atoms. The third-order valence-electron chi connectivity index (χ3n) is 5.93. The molecule has 5 nitrogen and oxygen atoms in total. The van der Waals surface area contributed by atoms with E-state index < -0.39 is 5.79 Å². The van der Waals surface area contributed by atoms with Gasteiger partial charge in [-0.1, -0.05) is 6.07 Å². The van der Waals surface area contributed by atoms with Crippen molar-refractivity contribution in [1.82, 2.24) is 4.90 Å². The predicted octanol–water partition coefficient (Wildman–Crippen LogP) is 3.09. The highest BCUT2D eigenvalue weighted by atomic mass is 16.7. The van der Waals surface area contributed by atoms with Crippen LogP contribution in [0.5, 0.6) is 11.5 Å². The fourth-order valence-electron chi connectivity index (χ4n) is 4.59. The van der Waals surface area contributed by atoms with Crippen molar-refractivity contribution in [2.24, 2.45) is 0 Å². The highest BCUT2D eigenvalue weighted by Crippen LogP contribution is 2.53. The lowest BCUT2D eigenvalue weighted by Crippen LogP contribution is -2.41. The predicted molar refractivity (Wildman–Crippen MR) is 95.0 cm³/mol. The van der Waals surface area contributed by atoms with E-state index in [1.54, 1.807) is 14.2 Å². The van der Waals surface area contributed by atoms with Gasteiger partial charge in [0, 0.05) is 31.1 Å². The van der Waals surface area contributed by atoms with Crippen molar-refractivity contribution in [3.8, 4) is 11.5 Å². The highest BCUT2D eigenvalue weighted by Gasteiger charge is 2.52. The monoisotopic (exact) mass is 345 g/mol. The van der Waals surface area contributed by atoms with Gasteiger partial charge in [0.25, 0.3) is 0 Å². The van der Waals surface area contributed by atoms with Crippen LogP contribution in [0.1, 0.15) is 31.7 Å². The molecule has 2 aliphatic heterocycles. The molecule has 0 saturated carbocycles. The Labute approximate surface area is 149 Å². The maximum Gasteiger partial charge on any atom is 0.190 e. The molecule has 2 saturated heterocycles. The lowest BCUT2D eigenvalue weighted by atomic mass is 9.69.